The molecule has 42 heavy (non-hydrogen) atoms. The van der Waals surface area contributed by atoms with Gasteiger partial charge in [-0.15, -0.1) is 0 Å². The second-order valence-electron chi connectivity index (χ2n) is 9.29. The van der Waals surface area contributed by atoms with Gasteiger partial charge in [-0.25, -0.2) is 33.1 Å². The van der Waals surface area contributed by atoms with Crippen molar-refractivity contribution in [2.45, 2.75) is 49.2 Å². The maximum Gasteiger partial charge on any atom is 0.472 e. The molecule has 4 unspecified atom stereocenters. The summed E-state index contributed by atoms with van der Waals surface area (Å²) < 4.78 is 78.1. The first kappa shape index (κ1) is 29.5. The molecule has 3 aromatic rings. The predicted octanol–water partition coefficient (Wildman–Crippen LogP) is -0.436. The van der Waals surface area contributed by atoms with Crippen molar-refractivity contribution in [3.8, 4) is 0 Å². The number of imidazole rings is 1. The standard InChI is InChI=1S/C19H21F2N7O11P2S/c20-10-13-8(37-18(10)28-6-25-12-15(22)23-5-24-16(12)28)4-35-41(33,42)39-14-7(3-34-40(31,32)38-13)36-17(11(14)21)27-2-1-9(29)26-19(27)30/h1-2,5-8,10-11,13-14,17-18H,3-4H2,(H,31,32)(H,33,42)(H2,22,23,24)(H,26,29,30)/t7-,8-,10+,11+,13?,14?,17-,18-,41?/m1/s1. The molecule has 6 heterocycles. The Bertz CT molecular complexity index is 1730. The molecule has 0 spiro atoms. The number of nitrogen functional groups attached to an aromatic ring is 1. The van der Waals surface area contributed by atoms with E-state index in [1.165, 1.54) is 6.33 Å². The predicted molar refractivity (Wildman–Crippen MR) is 137 cm³/mol. The number of phosphoric acid groups is 1. The van der Waals surface area contributed by atoms with Crippen molar-refractivity contribution in [1.82, 2.24) is 29.1 Å². The number of H-pyrrole nitrogens is 1. The average molecular weight is 655 g/mol. The van der Waals surface area contributed by atoms with Crippen LogP contribution in [0.4, 0.5) is 14.6 Å². The van der Waals surface area contributed by atoms with E-state index < -0.39 is 88.2 Å². The Kier molecular flexibility index (Phi) is 7.64. The van der Waals surface area contributed by atoms with E-state index in [0.717, 1.165) is 23.2 Å². The zero-order valence-electron chi connectivity index (χ0n) is 20.8. The number of nitrogens with two attached hydrogens (primary N) is 1. The Morgan fingerprint density at radius 2 is 1.64 bits per heavy atom. The number of ether oxygens (including phenoxy) is 2. The third kappa shape index (κ3) is 5.46. The summed E-state index contributed by atoms with van der Waals surface area (Å²) in [5.74, 6) is 0.0104. The van der Waals surface area contributed by atoms with Gasteiger partial charge in [-0.05, 0) is 11.8 Å². The quantitative estimate of drug-likeness (QED) is 0.256. The van der Waals surface area contributed by atoms with Crippen LogP contribution in [0.2, 0.25) is 0 Å². The van der Waals surface area contributed by atoms with E-state index in [4.69, 9.17) is 45.1 Å². The monoisotopic (exact) mass is 655 g/mol. The average Bonchev–Trinajstić information content (AvgIpc) is 3.57. The lowest BCUT2D eigenvalue weighted by Gasteiger charge is -2.28. The molecular formula is C19H21F2N7O11P2S. The number of phosphoric ester groups is 1. The molecule has 5 N–H and O–H groups in total. The molecule has 0 saturated carbocycles. The molecule has 3 aromatic heterocycles. The molecule has 3 aliphatic heterocycles. The van der Waals surface area contributed by atoms with Gasteiger partial charge in [-0.1, -0.05) is 0 Å². The minimum absolute atomic E-state index is 0.0104. The number of alkyl halides is 2. The first-order chi connectivity index (χ1) is 19.8. The van der Waals surface area contributed by atoms with Gasteiger partial charge in [-0.2, -0.15) is 0 Å². The van der Waals surface area contributed by atoms with Crippen molar-refractivity contribution in [2.24, 2.45) is 0 Å². The maximum atomic E-state index is 15.8. The van der Waals surface area contributed by atoms with Crippen molar-refractivity contribution in [3.63, 3.8) is 0 Å². The maximum absolute atomic E-state index is 15.8. The summed E-state index contributed by atoms with van der Waals surface area (Å²) in [4.78, 5) is 58.6. The second kappa shape index (κ2) is 10.9. The van der Waals surface area contributed by atoms with E-state index in [1.807, 2.05) is 4.98 Å². The molecule has 3 aliphatic rings. The van der Waals surface area contributed by atoms with Crippen molar-refractivity contribution in [3.05, 3.63) is 45.8 Å². The Hall–Kier alpha value is -2.55. The van der Waals surface area contributed by atoms with Gasteiger partial charge < -0.3 is 29.5 Å². The van der Waals surface area contributed by atoms with Crippen molar-refractivity contribution in [1.29, 1.82) is 0 Å². The molecule has 0 bridgehead atoms. The van der Waals surface area contributed by atoms with E-state index >= 15 is 8.78 Å². The normalized spacial score (nSPS) is 39.3. The van der Waals surface area contributed by atoms with Crippen LogP contribution in [-0.2, 0) is 43.9 Å². The van der Waals surface area contributed by atoms with Crippen LogP contribution in [0.15, 0.2) is 34.5 Å². The van der Waals surface area contributed by atoms with Gasteiger partial charge in [0.1, 0.15) is 36.3 Å². The third-order valence-corrected chi connectivity index (χ3v) is 9.18. The highest BCUT2D eigenvalue weighted by Crippen LogP contribution is 2.54. The van der Waals surface area contributed by atoms with Crippen molar-refractivity contribution in [2.75, 3.05) is 18.9 Å². The Balaban J connectivity index is 1.28. The summed E-state index contributed by atoms with van der Waals surface area (Å²) in [5.41, 5.74) is 4.22. The van der Waals surface area contributed by atoms with Gasteiger partial charge >= 0.3 is 20.2 Å². The summed E-state index contributed by atoms with van der Waals surface area (Å²) in [5, 5.41) is 0. The molecule has 18 nitrogen and oxygen atoms in total. The molecule has 6 rings (SSSR count). The van der Waals surface area contributed by atoms with E-state index in [2.05, 4.69) is 15.0 Å². The first-order valence-electron chi connectivity index (χ1n) is 12.0. The molecular weight excluding hydrogens is 634 g/mol. The fraction of sp³-hybridized carbons (Fsp3) is 0.526. The lowest BCUT2D eigenvalue weighted by Crippen LogP contribution is -2.38. The zero-order chi connectivity index (χ0) is 30.0. The second-order valence-corrected chi connectivity index (χ2v) is 13.5. The van der Waals surface area contributed by atoms with Gasteiger partial charge in [0, 0.05) is 12.3 Å². The topological polar surface area (TPSA) is 237 Å². The first-order valence-corrected chi connectivity index (χ1v) is 16.1. The number of rotatable bonds is 2. The Labute approximate surface area is 237 Å². The van der Waals surface area contributed by atoms with Gasteiger partial charge in [0.15, 0.2) is 36.3 Å². The summed E-state index contributed by atoms with van der Waals surface area (Å²) >= 11 is 5.02. The van der Waals surface area contributed by atoms with Gasteiger partial charge in [0.2, 0.25) is 0 Å². The molecule has 10 atom stereocenters. The number of hydrogen-bond acceptors (Lipinski definition) is 14. The largest absolute Gasteiger partial charge is 0.472 e. The third-order valence-electron chi connectivity index (χ3n) is 6.63. The summed E-state index contributed by atoms with van der Waals surface area (Å²) in [6.07, 6.45) is -11.0. The van der Waals surface area contributed by atoms with Gasteiger partial charge in [-0.3, -0.25) is 32.5 Å². The molecule has 0 amide bonds. The Morgan fingerprint density at radius 1 is 1.00 bits per heavy atom. The van der Waals surface area contributed by atoms with Gasteiger partial charge in [0.05, 0.1) is 19.5 Å². The number of fused-ring (bicyclic) bond motifs is 3. The van der Waals surface area contributed by atoms with E-state index in [-0.39, 0.29) is 17.0 Å². The fourth-order valence-electron chi connectivity index (χ4n) is 4.74. The number of anilines is 1. The summed E-state index contributed by atoms with van der Waals surface area (Å²) in [6, 6.07) is 0.933. The fourth-order valence-corrected chi connectivity index (χ4v) is 7.14. The highest BCUT2D eigenvalue weighted by Gasteiger charge is 2.54. The molecule has 228 valence electrons. The number of nitrogens with one attached hydrogen (secondary N) is 1. The van der Waals surface area contributed by atoms with Crippen LogP contribution in [0.25, 0.3) is 11.2 Å². The van der Waals surface area contributed by atoms with E-state index in [9.17, 15) is 23.9 Å². The number of hydrogen-bond donors (Lipinski definition) is 4. The number of nitrogens with zero attached hydrogens (tertiary/aromatic N) is 5. The van der Waals surface area contributed by atoms with Crippen LogP contribution in [0.3, 0.4) is 0 Å². The van der Waals surface area contributed by atoms with Crippen molar-refractivity contribution >= 4 is 43.3 Å². The van der Waals surface area contributed by atoms with Crippen LogP contribution in [-0.4, -0.2) is 88.8 Å². The van der Waals surface area contributed by atoms with Gasteiger partial charge in [0.25, 0.3) is 5.56 Å². The molecule has 0 radical (unpaired) electrons. The van der Waals surface area contributed by atoms with Crippen LogP contribution >= 0.6 is 14.5 Å². The molecule has 0 aromatic carbocycles. The highest BCUT2D eigenvalue weighted by atomic mass is 32.5. The Morgan fingerprint density at radius 3 is 2.33 bits per heavy atom. The number of aromatic amines is 1. The minimum atomic E-state index is -5.11. The van der Waals surface area contributed by atoms with E-state index in [1.54, 1.807) is 0 Å². The van der Waals surface area contributed by atoms with Crippen molar-refractivity contribution < 1.29 is 50.7 Å². The molecule has 3 saturated heterocycles. The smallest absolute Gasteiger partial charge is 0.382 e. The zero-order valence-corrected chi connectivity index (χ0v) is 23.4. The lowest BCUT2D eigenvalue weighted by atomic mass is 10.1. The molecule has 23 heteroatoms. The van der Waals surface area contributed by atoms with E-state index in [0.29, 0.717) is 4.57 Å². The van der Waals surface area contributed by atoms with Crippen LogP contribution in [0, 0.1) is 0 Å². The number of aromatic nitrogens is 6. The SMILES string of the molecule is Nc1ncnc2c1ncn2[C@@H]1O[C@@H]2COP(O)(=S)OC3[C@@H](COP(=O)(O)OC2[C@@H]1F)O[C@@H](n1ccc(=O)[nH]c1=O)[C@H]3F. The lowest BCUT2D eigenvalue weighted by molar-refractivity contribution is -0.0636. The number of halogens is 2. The van der Waals surface area contributed by atoms with Crippen LogP contribution in [0.1, 0.15) is 12.5 Å². The van der Waals surface area contributed by atoms with Crippen LogP contribution in [0.5, 0.6) is 0 Å². The molecule has 0 aliphatic carbocycles. The molecule has 3 fully saturated rings. The highest BCUT2D eigenvalue weighted by molar-refractivity contribution is 8.07. The summed E-state index contributed by atoms with van der Waals surface area (Å²) in [6.45, 7) is -5.98. The summed E-state index contributed by atoms with van der Waals surface area (Å²) in [7, 11) is -5.11. The van der Waals surface area contributed by atoms with Crippen LogP contribution < -0.4 is 17.0 Å². The minimum Gasteiger partial charge on any atom is -0.382 e.